The van der Waals surface area contributed by atoms with Gasteiger partial charge in [-0.25, -0.2) is 0 Å². The number of nitrogens with two attached hydrogens (primary N) is 1. The van der Waals surface area contributed by atoms with E-state index in [1.165, 1.54) is 79.2 Å². The van der Waals surface area contributed by atoms with E-state index in [4.69, 9.17) is 11.1 Å². The second kappa shape index (κ2) is 45.6. The quantitative estimate of drug-likeness (QED) is 0.00614. The fourth-order valence-corrected chi connectivity index (χ4v) is 18.1. The van der Waals surface area contributed by atoms with Gasteiger partial charge in [-0.3, -0.25) is 62.9 Å². The number of guanidine groups is 1. The molecule has 672 valence electrons. The summed E-state index contributed by atoms with van der Waals surface area (Å²) in [5, 5.41) is 44.7. The number of benzene rings is 6. The van der Waals surface area contributed by atoms with Crippen LogP contribution in [-0.2, 0) is 81.2 Å². The number of nitrogens with zero attached hydrogens (tertiary/aromatic N) is 4. The van der Waals surface area contributed by atoms with Crippen molar-refractivity contribution in [2.24, 2.45) is 17.6 Å². The van der Waals surface area contributed by atoms with Crippen LogP contribution in [0.25, 0.3) is 21.5 Å². The predicted octanol–water partition coefficient (Wildman–Crippen LogP) is 10.8. The van der Waals surface area contributed by atoms with E-state index in [0.29, 0.717) is 56.2 Å². The van der Waals surface area contributed by atoms with Gasteiger partial charge in [0.2, 0.25) is 58.9 Å². The number of hydrogen-bond donors (Lipinski definition) is 11. The molecule has 0 aliphatic carbocycles. The monoisotopic (exact) mass is 1720 g/mol. The largest absolute Gasteiger partial charge is 0.481 e. The van der Waals surface area contributed by atoms with Crippen molar-refractivity contribution in [2.45, 2.75) is 243 Å². The molecule has 4 aliphatic heterocycles. The van der Waals surface area contributed by atoms with Crippen molar-refractivity contribution in [3.63, 3.8) is 0 Å². The Morgan fingerprint density at radius 3 is 1.81 bits per heavy atom. The van der Waals surface area contributed by atoms with Crippen LogP contribution in [0.1, 0.15) is 199 Å². The number of nitrogens with one attached hydrogen (secondary N) is 9. The lowest BCUT2D eigenvalue weighted by Gasteiger charge is -2.35. The molecule has 0 bridgehead atoms. The van der Waals surface area contributed by atoms with Gasteiger partial charge in [0.05, 0.1) is 23.9 Å². The summed E-state index contributed by atoms with van der Waals surface area (Å²) in [5.41, 5.74) is 14.0. The SMILES string of the molecule is CC(C)C[C@@H]1NC(=O)[C@H](CC(=O)O)NC(=O)CCC(=O)[C@H](CCCNC(=N)N)NC(=O)[C@H](Cc2ccccc2)NC(=O)[C@H](CCCCNC(=O)CCCCCNC(=O)CCCCC[N+]2=C(/C=C/C=C/C=C3/N(C)c4ccc5ccccc5c4C3(C)C)C(C)(C)c3c2ccc2ccccc32)N(C)C(=O)[C@H]2CCCN2C(=O)[C@H](Cc2ccccc2)CC(=O)[C@H](C)NC1=O. The highest BCUT2D eigenvalue weighted by Crippen LogP contribution is 2.50. The number of carbonyl (C=O) groups is 12. The number of allylic oxidation sites excluding steroid dienone is 6. The van der Waals surface area contributed by atoms with Crippen molar-refractivity contribution < 1.29 is 67.2 Å². The first-order valence-corrected chi connectivity index (χ1v) is 44.9. The fourth-order valence-electron chi connectivity index (χ4n) is 18.1. The van der Waals surface area contributed by atoms with Gasteiger partial charge in [-0.2, -0.15) is 4.58 Å². The number of aliphatic carboxylic acids is 1. The van der Waals surface area contributed by atoms with E-state index in [9.17, 15) is 48.3 Å². The van der Waals surface area contributed by atoms with Crippen molar-refractivity contribution in [3.8, 4) is 0 Å². The summed E-state index contributed by atoms with van der Waals surface area (Å²) in [6.45, 7) is 16.0. The number of likely N-dealkylation sites (N-methyl/N-ethyl adjacent to an activating group) is 2. The highest BCUT2D eigenvalue weighted by Gasteiger charge is 2.47. The number of carboxylic acids is 1. The molecule has 0 saturated carbocycles. The van der Waals surface area contributed by atoms with Gasteiger partial charge >= 0.3 is 5.97 Å². The van der Waals surface area contributed by atoms with Gasteiger partial charge in [0.25, 0.3) is 0 Å². The van der Waals surface area contributed by atoms with Crippen molar-refractivity contribution in [2.75, 3.05) is 51.7 Å². The molecule has 8 atom stereocenters. The molecular weight excluding hydrogens is 1590 g/mol. The molecule has 0 unspecified atom stereocenters. The molecule has 10 rings (SSSR count). The topological polar surface area (TPSA) is 384 Å². The Morgan fingerprint density at radius 1 is 0.579 bits per heavy atom. The van der Waals surface area contributed by atoms with Gasteiger partial charge in [-0.15, -0.1) is 0 Å². The van der Waals surface area contributed by atoms with Crippen LogP contribution in [0.2, 0.25) is 0 Å². The molecule has 2 saturated heterocycles. The van der Waals surface area contributed by atoms with Crippen LogP contribution in [0.3, 0.4) is 0 Å². The van der Waals surface area contributed by atoms with E-state index in [1.807, 2.05) is 0 Å². The first-order chi connectivity index (χ1) is 60.3. The molecule has 9 amide bonds. The Bertz CT molecular complexity index is 5060. The predicted molar refractivity (Wildman–Crippen MR) is 490 cm³/mol. The summed E-state index contributed by atoms with van der Waals surface area (Å²) in [6, 6.07) is 34.5. The van der Waals surface area contributed by atoms with Gasteiger partial charge in [0, 0.05) is 126 Å². The minimum absolute atomic E-state index is 0.0114. The lowest BCUT2D eigenvalue weighted by molar-refractivity contribution is -0.438. The average Bonchev–Trinajstić information content (AvgIpc) is 1.57. The molecule has 4 aliphatic rings. The highest BCUT2D eigenvalue weighted by atomic mass is 16.4. The zero-order valence-corrected chi connectivity index (χ0v) is 74.6. The number of carboxylic acid groups (broad SMARTS) is 1. The third kappa shape index (κ3) is 25.8. The highest BCUT2D eigenvalue weighted by molar-refractivity contribution is 6.08. The van der Waals surface area contributed by atoms with Crippen LogP contribution < -0.4 is 53.2 Å². The fraction of sp³-hybridized carbons (Fsp3) is 0.475. The van der Waals surface area contributed by atoms with Crippen LogP contribution in [0, 0.1) is 17.2 Å². The van der Waals surface area contributed by atoms with E-state index in [-0.39, 0.29) is 118 Å². The zero-order valence-electron chi connectivity index (χ0n) is 74.6. The smallest absolute Gasteiger partial charge is 0.305 e. The van der Waals surface area contributed by atoms with Crippen LogP contribution >= 0.6 is 0 Å². The number of anilines is 1. The molecule has 6 aromatic carbocycles. The summed E-state index contributed by atoms with van der Waals surface area (Å²) < 4.78 is 2.47. The molecule has 0 radical (unpaired) electrons. The molecule has 6 aromatic rings. The Balaban J connectivity index is 0.763. The van der Waals surface area contributed by atoms with Crippen LogP contribution in [0.4, 0.5) is 11.4 Å². The average molecular weight is 1720 g/mol. The van der Waals surface area contributed by atoms with Crippen molar-refractivity contribution in [3.05, 3.63) is 192 Å². The number of unbranched alkanes of at least 4 members (excludes halogenated alkanes) is 5. The number of ketones is 2. The molecule has 27 nitrogen and oxygen atoms in total. The minimum atomic E-state index is -1.74. The maximum atomic E-state index is 15.3. The standard InChI is InChI=1S/C99H128N14O13/c1-64(2)59-74-91(121)105-65(3)82(115)62-70(60-66-33-15-10-16-34-66)95(125)113-58-32-43-80(113)96(126)111(9)79(94(124)109-75(61-67-35-17-11-18-36-67)92(122)107-73(41-31-56-104-97(100)101)81(114)52-53-87(118)106-76(63-88(119)120)93(123)108-74)42-27-29-55-103-85(116)46-21-13-28-54-102-86(117)47-22-14-30-57-112-78-51-49-69-38-24-26-40-72(69)90(78)99(6,7)84(112)45-20-12-19-44-83-98(4,5)89-71-39-25-23-37-68(71)48-50-77(89)110(83)8/h10-12,15-20,23-26,33-40,44-45,48-51,64-65,70,73-76,79-80H,13-14,21-22,27-32,41-43,46-47,52-63H2,1-9H3,(H11-,100,101,102,103,104,105,106,107,108,109,116,117,118,119,120,121,122,123,124)/p+1/t65-,70+,73-,74-,75-,76-,79-,80+/m0/s1. The number of hydrogen-bond acceptors (Lipinski definition) is 14. The van der Waals surface area contributed by atoms with Crippen molar-refractivity contribution in [1.29, 1.82) is 5.41 Å². The van der Waals surface area contributed by atoms with Gasteiger partial charge < -0.3 is 68.1 Å². The molecule has 12 N–H and O–H groups in total. The van der Waals surface area contributed by atoms with Crippen LogP contribution in [-0.4, -0.2) is 191 Å². The summed E-state index contributed by atoms with van der Waals surface area (Å²) in [6.07, 6.45) is 15.0. The molecule has 27 heteroatoms. The van der Waals surface area contributed by atoms with Crippen LogP contribution in [0.15, 0.2) is 170 Å². The second-order valence-corrected chi connectivity index (χ2v) is 35.4. The maximum absolute atomic E-state index is 15.3. The third-order valence-corrected chi connectivity index (χ3v) is 24.8. The molecule has 126 heavy (non-hydrogen) atoms. The summed E-state index contributed by atoms with van der Waals surface area (Å²) >= 11 is 0. The van der Waals surface area contributed by atoms with Crippen LogP contribution in [0.5, 0.6) is 0 Å². The zero-order chi connectivity index (χ0) is 90.8. The Hall–Kier alpha value is -12.2. The van der Waals surface area contributed by atoms with E-state index >= 15 is 14.4 Å². The Labute approximate surface area is 740 Å². The number of amides is 9. The third-order valence-electron chi connectivity index (χ3n) is 24.8. The van der Waals surface area contributed by atoms with Gasteiger partial charge in [0.15, 0.2) is 23.2 Å². The molecule has 0 aromatic heterocycles. The van der Waals surface area contributed by atoms with Crippen molar-refractivity contribution >= 4 is 115 Å². The Kier molecular flexibility index (Phi) is 34.8. The first-order valence-electron chi connectivity index (χ1n) is 44.9. The number of fused-ring (bicyclic) bond motifs is 7. The lowest BCUT2D eigenvalue weighted by Crippen LogP contribution is -2.58. The van der Waals surface area contributed by atoms with Gasteiger partial charge in [0.1, 0.15) is 36.8 Å². The van der Waals surface area contributed by atoms with E-state index in [1.54, 1.807) is 74.5 Å². The molecule has 4 heterocycles. The first kappa shape index (κ1) is 96.1. The maximum Gasteiger partial charge on any atom is 0.305 e. The minimum Gasteiger partial charge on any atom is -0.481 e. The normalized spacial score (nSPS) is 21.6. The molecule has 2 fully saturated rings. The second-order valence-electron chi connectivity index (χ2n) is 35.4. The molecule has 0 spiro atoms. The number of rotatable bonds is 32. The van der Waals surface area contributed by atoms with Gasteiger partial charge in [-0.1, -0.05) is 168 Å². The number of carbonyl (C=O) groups excluding carboxylic acids is 11. The summed E-state index contributed by atoms with van der Waals surface area (Å²) in [4.78, 5) is 175. The van der Waals surface area contributed by atoms with Gasteiger partial charge in [-0.05, 0) is 167 Å². The van der Waals surface area contributed by atoms with E-state index in [0.717, 1.165) is 25.8 Å². The van der Waals surface area contributed by atoms with E-state index in [2.05, 4.69) is 190 Å². The number of Topliss-reactive ketones (excluding diaryl/α,β-unsaturated/α-hetero) is 2. The lowest BCUT2D eigenvalue weighted by atomic mass is 9.79. The van der Waals surface area contributed by atoms with Crippen molar-refractivity contribution in [1.82, 2.24) is 52.3 Å². The van der Waals surface area contributed by atoms with E-state index < -0.39 is 126 Å². The Morgan fingerprint density at radius 2 is 1.16 bits per heavy atom. The summed E-state index contributed by atoms with van der Waals surface area (Å²) in [7, 11) is 3.61. The molecular formula is C99H129N14O13+. The summed E-state index contributed by atoms with van der Waals surface area (Å²) in [5.74, 6) is -9.88.